The molecule has 1 N–H and O–H groups in total. The fourth-order valence-corrected chi connectivity index (χ4v) is 11.7. The number of nitrogens with one attached hydrogen (secondary N) is 1. The lowest BCUT2D eigenvalue weighted by atomic mass is 9.85. The number of aromatic amines is 1. The van der Waals surface area contributed by atoms with Gasteiger partial charge in [0.2, 0.25) is 11.9 Å². The van der Waals surface area contributed by atoms with Crippen LogP contribution in [0, 0.1) is 36.2 Å². The van der Waals surface area contributed by atoms with Gasteiger partial charge < -0.3 is 24.2 Å². The molecule has 1 unspecified atom stereocenters. The standard InChI is InChI=1S/C52H58F2N6O5/c1-27(2)39(23-47(61)64-7)29(5)59-26-35(55-6)22-46(59)50-56-25-45(58-50)32-11-15-38-37-14-10-31(19-41(37)52(53,54)42(38)20-32)30-12-16-43-34(17-30)21-44(57-43)49-33-9-13-36(18-33)60(49)51(63)40(28(3)4)24-48(62)65-8/h10-12,14-17,19-20,25,27-29,33,35-36,39-40,46,49H,9,13,18,21-24,26H2,1-5,7-8H3,(H,56,58)/t29?,33-,35-,36+,39+,40-,46-,49-/m0/s1. The fraction of sp³-hybridized carbons (Fsp3) is 0.500. The summed E-state index contributed by atoms with van der Waals surface area (Å²) in [5, 5.41) is 0. The van der Waals surface area contributed by atoms with Crippen molar-refractivity contribution in [2.45, 2.75) is 116 Å². The molecule has 340 valence electrons. The van der Waals surface area contributed by atoms with Gasteiger partial charge in [0.05, 0.1) is 69.2 Å². The van der Waals surface area contributed by atoms with Crippen LogP contribution in [0.5, 0.6) is 0 Å². The average Bonchev–Trinajstić information content (AvgIpc) is 4.17. The summed E-state index contributed by atoms with van der Waals surface area (Å²) >= 11 is 0. The Kier molecular flexibility index (Phi) is 11.8. The number of likely N-dealkylation sites (tertiary alicyclic amines) is 2. The van der Waals surface area contributed by atoms with Gasteiger partial charge in [0, 0.05) is 47.3 Å². The molecule has 0 spiro atoms. The molecule has 2 saturated heterocycles. The molecule has 11 nitrogen and oxygen atoms in total. The Balaban J connectivity index is 0.932. The van der Waals surface area contributed by atoms with Gasteiger partial charge in [-0.1, -0.05) is 58.0 Å². The van der Waals surface area contributed by atoms with Crippen LogP contribution in [0.1, 0.15) is 102 Å². The summed E-state index contributed by atoms with van der Waals surface area (Å²) in [5.41, 5.74) is 6.38. The average molecular weight is 885 g/mol. The number of nitrogens with zero attached hydrogens (tertiary/aromatic N) is 5. The maximum atomic E-state index is 16.7. The van der Waals surface area contributed by atoms with Crippen molar-refractivity contribution in [2.24, 2.45) is 34.6 Å². The summed E-state index contributed by atoms with van der Waals surface area (Å²) in [4.78, 5) is 60.3. The van der Waals surface area contributed by atoms with E-state index in [0.29, 0.717) is 59.1 Å². The van der Waals surface area contributed by atoms with E-state index in [0.717, 1.165) is 41.8 Å². The number of fused-ring (bicyclic) bond motifs is 6. The van der Waals surface area contributed by atoms with Crippen molar-refractivity contribution in [1.82, 2.24) is 19.8 Å². The van der Waals surface area contributed by atoms with Gasteiger partial charge in [-0.3, -0.25) is 24.3 Å². The third-order valence-corrected chi connectivity index (χ3v) is 15.3. The van der Waals surface area contributed by atoms with Crippen molar-refractivity contribution >= 4 is 29.2 Å². The normalized spacial score (nSPS) is 24.1. The van der Waals surface area contributed by atoms with Crippen LogP contribution < -0.4 is 0 Å². The summed E-state index contributed by atoms with van der Waals surface area (Å²) in [6.45, 7) is 18.6. The van der Waals surface area contributed by atoms with Crippen molar-refractivity contribution in [2.75, 3.05) is 20.8 Å². The first-order chi connectivity index (χ1) is 31.1. The largest absolute Gasteiger partial charge is 0.469 e. The number of piperidine rings is 1. The second-order valence-corrected chi connectivity index (χ2v) is 19.6. The van der Waals surface area contributed by atoms with Crippen LogP contribution in [0.3, 0.4) is 0 Å². The molecule has 3 aliphatic heterocycles. The van der Waals surface area contributed by atoms with E-state index >= 15 is 8.78 Å². The highest BCUT2D eigenvalue weighted by atomic mass is 19.3. The van der Waals surface area contributed by atoms with E-state index in [1.807, 2.05) is 49.1 Å². The zero-order valence-electron chi connectivity index (χ0n) is 38.2. The first-order valence-electron chi connectivity index (χ1n) is 23.1. The lowest BCUT2D eigenvalue weighted by molar-refractivity contribution is -0.149. The van der Waals surface area contributed by atoms with Crippen LogP contribution in [-0.2, 0) is 36.2 Å². The van der Waals surface area contributed by atoms with Gasteiger partial charge in [-0.05, 0) is 102 Å². The Labute approximate surface area is 379 Å². The van der Waals surface area contributed by atoms with Gasteiger partial charge in [0.1, 0.15) is 5.82 Å². The number of hydrogen-bond donors (Lipinski definition) is 1. The minimum atomic E-state index is -3.25. The highest BCUT2D eigenvalue weighted by molar-refractivity contribution is 6.01. The highest BCUT2D eigenvalue weighted by Gasteiger charge is 2.52. The van der Waals surface area contributed by atoms with Crippen molar-refractivity contribution in [3.05, 3.63) is 94.7 Å². The van der Waals surface area contributed by atoms with Crippen molar-refractivity contribution in [3.63, 3.8) is 0 Å². The number of imidazole rings is 1. The molecule has 2 aliphatic carbocycles. The Morgan fingerprint density at radius 2 is 1.54 bits per heavy atom. The maximum absolute atomic E-state index is 16.7. The second-order valence-electron chi connectivity index (χ2n) is 19.6. The SMILES string of the molecule is [C-]#[N+][C@H]1C[C@@H](c2ncc(-c3ccc4c(c3)C(F)(F)c3cc(-c5ccc6c(c5)CC([C@@H]5[C@H]7CC[C@H](C7)N5C(=O)[C@@H](CC(=O)OC)C(C)C)=N6)ccc3-4)[nH]2)N(C(C)[C@H](CC(=O)OC)C(C)C)C1. The molecule has 4 heterocycles. The topological polar surface area (TPSA) is 122 Å². The Morgan fingerprint density at radius 1 is 0.877 bits per heavy atom. The van der Waals surface area contributed by atoms with Gasteiger partial charge in [0.15, 0.2) is 0 Å². The molecule has 0 radical (unpaired) electrons. The molecule has 5 aliphatic rings. The number of aliphatic imine (C=N–C) groups is 1. The molecule has 8 atom stereocenters. The minimum absolute atomic E-state index is 0.000872. The lowest BCUT2D eigenvalue weighted by Gasteiger charge is -2.38. The number of ether oxygens (including phenoxy) is 2. The molecule has 4 aromatic rings. The number of alkyl halides is 2. The van der Waals surface area contributed by atoms with Crippen LogP contribution in [0.25, 0.3) is 38.4 Å². The van der Waals surface area contributed by atoms with Crippen LogP contribution >= 0.6 is 0 Å². The number of methoxy groups -OCH3 is 2. The first kappa shape index (κ1) is 44.5. The summed E-state index contributed by atoms with van der Waals surface area (Å²) in [6, 6.07) is 15.9. The maximum Gasteiger partial charge on any atom is 0.306 e. The van der Waals surface area contributed by atoms with Gasteiger partial charge in [-0.25, -0.2) is 11.6 Å². The molecule has 9 rings (SSSR count). The number of carbonyl (C=O) groups is 3. The number of benzene rings is 3. The Morgan fingerprint density at radius 3 is 2.22 bits per heavy atom. The van der Waals surface area contributed by atoms with Crippen LogP contribution in [0.2, 0.25) is 0 Å². The molecule has 2 bridgehead atoms. The summed E-state index contributed by atoms with van der Waals surface area (Å²) in [5.74, 6) is -3.23. The molecule has 13 heteroatoms. The molecular weight excluding hydrogens is 827 g/mol. The molecule has 1 amide bonds. The Hall–Kier alpha value is -5.74. The smallest absolute Gasteiger partial charge is 0.306 e. The monoisotopic (exact) mass is 884 g/mol. The minimum Gasteiger partial charge on any atom is -0.469 e. The van der Waals surface area contributed by atoms with Crippen LogP contribution in [0.15, 0.2) is 65.8 Å². The van der Waals surface area contributed by atoms with E-state index in [1.54, 1.807) is 30.5 Å². The van der Waals surface area contributed by atoms with Crippen molar-refractivity contribution in [3.8, 4) is 33.5 Å². The van der Waals surface area contributed by atoms with Gasteiger partial charge in [-0.15, -0.1) is 0 Å². The van der Waals surface area contributed by atoms with Gasteiger partial charge in [-0.2, -0.15) is 8.78 Å². The quantitative estimate of drug-likeness (QED) is 0.105. The van der Waals surface area contributed by atoms with E-state index in [2.05, 4.69) is 35.5 Å². The number of amides is 1. The molecule has 1 aromatic heterocycles. The number of esters is 2. The van der Waals surface area contributed by atoms with Crippen molar-refractivity contribution < 1.29 is 32.6 Å². The van der Waals surface area contributed by atoms with E-state index in [-0.39, 0.29) is 89.8 Å². The van der Waals surface area contributed by atoms with E-state index in [9.17, 15) is 14.4 Å². The number of hydrogen-bond acceptors (Lipinski definition) is 8. The number of halogens is 2. The molecule has 3 aromatic carbocycles. The molecular formula is C52H58F2N6O5. The number of aromatic nitrogens is 2. The van der Waals surface area contributed by atoms with Gasteiger partial charge in [0.25, 0.3) is 5.92 Å². The third-order valence-electron chi connectivity index (χ3n) is 15.3. The third kappa shape index (κ3) is 7.85. The summed E-state index contributed by atoms with van der Waals surface area (Å²) in [6.07, 6.45) is 6.05. The first-order valence-corrected chi connectivity index (χ1v) is 23.1. The fourth-order valence-electron chi connectivity index (χ4n) is 11.7. The van der Waals surface area contributed by atoms with Crippen molar-refractivity contribution in [1.29, 1.82) is 0 Å². The predicted molar refractivity (Wildman–Crippen MR) is 244 cm³/mol. The zero-order chi connectivity index (χ0) is 46.1. The summed E-state index contributed by atoms with van der Waals surface area (Å²) in [7, 11) is 2.75. The predicted octanol–water partition coefficient (Wildman–Crippen LogP) is 9.97. The molecule has 65 heavy (non-hydrogen) atoms. The van der Waals surface area contributed by atoms with E-state index in [1.165, 1.54) is 14.2 Å². The number of rotatable bonds is 13. The van der Waals surface area contributed by atoms with Crippen LogP contribution in [0.4, 0.5) is 14.5 Å². The highest BCUT2D eigenvalue weighted by Crippen LogP contribution is 2.53. The van der Waals surface area contributed by atoms with E-state index in [4.69, 9.17) is 26.0 Å². The second kappa shape index (κ2) is 17.2. The Bertz CT molecular complexity index is 2610. The van der Waals surface area contributed by atoms with Crippen LogP contribution in [-0.4, -0.2) is 88.3 Å². The number of H-pyrrole nitrogens is 1. The zero-order valence-corrected chi connectivity index (χ0v) is 38.2. The number of carbonyl (C=O) groups excluding carboxylic acids is 3. The molecule has 3 fully saturated rings. The van der Waals surface area contributed by atoms with Gasteiger partial charge >= 0.3 is 11.9 Å². The molecule has 1 saturated carbocycles. The van der Waals surface area contributed by atoms with E-state index < -0.39 is 11.8 Å². The lowest BCUT2D eigenvalue weighted by Crippen LogP contribution is -2.52. The summed E-state index contributed by atoms with van der Waals surface area (Å²) < 4.78 is 43.4.